The Bertz CT molecular complexity index is 1690. The third-order valence-electron chi connectivity index (χ3n) is 7.94. The van der Waals surface area contributed by atoms with Crippen molar-refractivity contribution in [2.24, 2.45) is 0 Å². The highest BCUT2D eigenvalue weighted by Crippen LogP contribution is 2.24. The van der Waals surface area contributed by atoms with E-state index < -0.39 is 17.9 Å². The van der Waals surface area contributed by atoms with Gasteiger partial charge in [-0.15, -0.1) is 0 Å². The molecule has 1 heterocycles. The van der Waals surface area contributed by atoms with Crippen LogP contribution in [0.15, 0.2) is 97.3 Å². The second-order valence-corrected chi connectivity index (χ2v) is 12.9. The fraction of sp³-hybridized carbons (Fsp3) is 0.325. The first kappa shape index (κ1) is 36.5. The number of aromatic nitrogens is 2. The van der Waals surface area contributed by atoms with Crippen LogP contribution in [-0.2, 0) is 21.4 Å². The van der Waals surface area contributed by atoms with Gasteiger partial charge in [0.05, 0.1) is 13.0 Å². The van der Waals surface area contributed by atoms with E-state index in [2.05, 4.69) is 60.4 Å². The monoisotopic (exact) mass is 662 g/mol. The summed E-state index contributed by atoms with van der Waals surface area (Å²) in [6.45, 7) is 9.04. The molecule has 256 valence electrons. The maximum atomic E-state index is 13.2. The van der Waals surface area contributed by atoms with E-state index in [0.717, 1.165) is 52.8 Å². The smallest absolute Gasteiger partial charge is 0.305 e. The topological polar surface area (TPSA) is 131 Å². The molecule has 4 rings (SSSR count). The molecule has 0 saturated carbocycles. The molecule has 49 heavy (non-hydrogen) atoms. The highest BCUT2D eigenvalue weighted by atomic mass is 16.5. The van der Waals surface area contributed by atoms with Crippen molar-refractivity contribution in [2.75, 3.05) is 13.2 Å². The van der Waals surface area contributed by atoms with E-state index in [1.54, 1.807) is 24.5 Å². The number of unbranched alkanes of at least 4 members (excludes halogenated alkanes) is 1. The number of amides is 2. The van der Waals surface area contributed by atoms with Crippen molar-refractivity contribution >= 4 is 17.8 Å². The Morgan fingerprint density at radius 1 is 0.837 bits per heavy atom. The Balaban J connectivity index is 1.39. The lowest BCUT2D eigenvalue weighted by Crippen LogP contribution is -2.48. The Morgan fingerprint density at radius 2 is 1.47 bits per heavy atom. The molecular formula is C40H46N4O5. The van der Waals surface area contributed by atoms with Crippen molar-refractivity contribution in [1.82, 2.24) is 20.6 Å². The summed E-state index contributed by atoms with van der Waals surface area (Å²) < 4.78 is 5.83. The molecule has 0 saturated heterocycles. The fourth-order valence-electron chi connectivity index (χ4n) is 5.03. The molecule has 0 bridgehead atoms. The Labute approximate surface area is 288 Å². The summed E-state index contributed by atoms with van der Waals surface area (Å²) in [7, 11) is 0. The van der Waals surface area contributed by atoms with Crippen LogP contribution in [0.1, 0.15) is 74.9 Å². The number of carboxylic acid groups (broad SMARTS) is 1. The number of benzene rings is 3. The number of allylic oxidation sites excluding steroid dienone is 1. The summed E-state index contributed by atoms with van der Waals surface area (Å²) in [5.41, 5.74) is 4.94. The maximum Gasteiger partial charge on any atom is 0.305 e. The number of carboxylic acids is 1. The zero-order valence-electron chi connectivity index (χ0n) is 28.7. The van der Waals surface area contributed by atoms with E-state index in [1.807, 2.05) is 60.7 Å². The molecule has 4 aromatic rings. The molecule has 0 aliphatic heterocycles. The minimum absolute atomic E-state index is 0.0397. The van der Waals surface area contributed by atoms with Crippen LogP contribution in [0.25, 0.3) is 22.5 Å². The lowest BCUT2D eigenvalue weighted by atomic mass is 9.86. The lowest BCUT2D eigenvalue weighted by Gasteiger charge is -2.20. The zero-order chi connectivity index (χ0) is 35.2. The Morgan fingerprint density at radius 3 is 2.08 bits per heavy atom. The molecule has 0 aliphatic carbocycles. The predicted molar refractivity (Wildman–Crippen MR) is 192 cm³/mol. The molecule has 0 radical (unpaired) electrons. The minimum atomic E-state index is -1.02. The van der Waals surface area contributed by atoms with E-state index in [4.69, 9.17) is 9.84 Å². The van der Waals surface area contributed by atoms with Crippen LogP contribution in [0.3, 0.4) is 0 Å². The van der Waals surface area contributed by atoms with Gasteiger partial charge in [-0.1, -0.05) is 94.8 Å². The third kappa shape index (κ3) is 11.4. The van der Waals surface area contributed by atoms with Crippen LogP contribution in [0.2, 0.25) is 0 Å². The van der Waals surface area contributed by atoms with Gasteiger partial charge in [0.2, 0.25) is 5.91 Å². The van der Waals surface area contributed by atoms with E-state index in [1.165, 1.54) is 0 Å². The average Bonchev–Trinajstić information content (AvgIpc) is 3.09. The molecule has 9 nitrogen and oxygen atoms in total. The summed E-state index contributed by atoms with van der Waals surface area (Å²) in [6.07, 6.45) is 11.0. The first-order valence-corrected chi connectivity index (χ1v) is 16.7. The summed E-state index contributed by atoms with van der Waals surface area (Å²) >= 11 is 0. The van der Waals surface area contributed by atoms with Gasteiger partial charge in [-0.2, -0.15) is 0 Å². The van der Waals surface area contributed by atoms with Gasteiger partial charge in [0.1, 0.15) is 11.8 Å². The van der Waals surface area contributed by atoms with Gasteiger partial charge < -0.3 is 20.5 Å². The van der Waals surface area contributed by atoms with Crippen LogP contribution in [0, 0.1) is 0 Å². The van der Waals surface area contributed by atoms with Crippen molar-refractivity contribution in [3.63, 3.8) is 0 Å². The van der Waals surface area contributed by atoms with E-state index in [0.29, 0.717) is 18.0 Å². The highest BCUT2D eigenvalue weighted by Gasteiger charge is 2.23. The summed E-state index contributed by atoms with van der Waals surface area (Å²) in [4.78, 5) is 46.4. The zero-order valence-corrected chi connectivity index (χ0v) is 28.7. The van der Waals surface area contributed by atoms with Gasteiger partial charge >= 0.3 is 5.97 Å². The molecule has 0 aliphatic rings. The van der Waals surface area contributed by atoms with Crippen molar-refractivity contribution < 1.29 is 24.2 Å². The number of nitrogens with zero attached hydrogens (tertiary/aromatic N) is 2. The van der Waals surface area contributed by atoms with Gasteiger partial charge in [-0.25, -0.2) is 9.97 Å². The molecule has 3 N–H and O–H groups in total. The molecule has 0 spiro atoms. The summed E-state index contributed by atoms with van der Waals surface area (Å²) in [5, 5.41) is 14.5. The first-order valence-electron chi connectivity index (χ1n) is 16.7. The molecule has 3 aromatic carbocycles. The number of nitrogens with one attached hydrogen (secondary N) is 2. The SMILES string of the molecule is CCC/C=C\CCOc1ccc(-c2cnc(-c3ccc(CC(NC(=O)c4ccc(C(C)(C)C)cc4)C(=O)NCCC(=O)O)cc3)nc2)cc1. The van der Waals surface area contributed by atoms with Crippen LogP contribution in [0.5, 0.6) is 5.75 Å². The van der Waals surface area contributed by atoms with Crippen LogP contribution < -0.4 is 15.4 Å². The minimum Gasteiger partial charge on any atom is -0.493 e. The van der Waals surface area contributed by atoms with E-state index >= 15 is 0 Å². The third-order valence-corrected chi connectivity index (χ3v) is 7.94. The molecule has 1 aromatic heterocycles. The van der Waals surface area contributed by atoms with Crippen molar-refractivity contribution in [3.8, 4) is 28.3 Å². The molecule has 0 fully saturated rings. The summed E-state index contributed by atoms with van der Waals surface area (Å²) in [6, 6.07) is 21.8. The van der Waals surface area contributed by atoms with Gasteiger partial charge in [0, 0.05) is 42.0 Å². The normalized spacial score (nSPS) is 12.0. The molecule has 1 unspecified atom stereocenters. The van der Waals surface area contributed by atoms with Gasteiger partial charge in [0.25, 0.3) is 5.91 Å². The predicted octanol–water partition coefficient (Wildman–Crippen LogP) is 7.17. The Hall–Kier alpha value is -5.31. The highest BCUT2D eigenvalue weighted by molar-refractivity contribution is 5.97. The number of rotatable bonds is 16. The molecular weight excluding hydrogens is 616 g/mol. The molecule has 9 heteroatoms. The van der Waals surface area contributed by atoms with Gasteiger partial charge in [-0.05, 0) is 59.2 Å². The number of aliphatic carboxylic acids is 1. The van der Waals surface area contributed by atoms with E-state index in [-0.39, 0.29) is 30.7 Å². The maximum absolute atomic E-state index is 13.2. The Kier molecular flexibility index (Phi) is 13.2. The number of ether oxygens (including phenoxy) is 1. The number of hydrogen-bond acceptors (Lipinski definition) is 6. The second-order valence-electron chi connectivity index (χ2n) is 12.9. The van der Waals surface area contributed by atoms with Crippen LogP contribution >= 0.6 is 0 Å². The van der Waals surface area contributed by atoms with Crippen LogP contribution in [0.4, 0.5) is 0 Å². The van der Waals surface area contributed by atoms with Gasteiger partial charge in [0.15, 0.2) is 5.82 Å². The standard InChI is InChI=1S/C40H46N4O5/c1-5-6-7-8-9-24-49-34-20-16-29(17-21-34)32-26-42-37(43-27-32)30-12-10-28(11-13-30)25-35(39(48)41-23-22-36(45)46)44-38(47)31-14-18-33(19-15-31)40(2,3)4/h7-8,10-21,26-27,35H,5-6,9,22-25H2,1-4H3,(H,41,48)(H,44,47)(H,45,46)/b8-7-. The van der Waals surface area contributed by atoms with Gasteiger partial charge in [-0.3, -0.25) is 14.4 Å². The molecule has 1 atom stereocenters. The number of carbonyl (C=O) groups excluding carboxylic acids is 2. The number of carbonyl (C=O) groups is 3. The second kappa shape index (κ2) is 17.7. The summed E-state index contributed by atoms with van der Waals surface area (Å²) in [5.74, 6) is -0.486. The molecule has 2 amide bonds. The average molecular weight is 663 g/mol. The number of hydrogen-bond donors (Lipinski definition) is 3. The van der Waals surface area contributed by atoms with Crippen molar-refractivity contribution in [3.05, 3.63) is 114 Å². The largest absolute Gasteiger partial charge is 0.493 e. The van der Waals surface area contributed by atoms with Crippen molar-refractivity contribution in [1.29, 1.82) is 0 Å². The van der Waals surface area contributed by atoms with Crippen LogP contribution in [-0.4, -0.2) is 52.1 Å². The first-order chi connectivity index (χ1) is 23.5. The van der Waals surface area contributed by atoms with Crippen molar-refractivity contribution in [2.45, 2.75) is 71.3 Å². The fourth-order valence-corrected chi connectivity index (χ4v) is 5.03. The quantitative estimate of drug-likeness (QED) is 0.0857. The lowest BCUT2D eigenvalue weighted by molar-refractivity contribution is -0.137. The van der Waals surface area contributed by atoms with E-state index in [9.17, 15) is 14.4 Å².